The minimum Gasteiger partial charge on any atom is -0.340 e. The summed E-state index contributed by atoms with van der Waals surface area (Å²) < 4.78 is 0. The van der Waals surface area contributed by atoms with Crippen LogP contribution in [-0.4, -0.2) is 71.3 Å². The molecule has 7 nitrogen and oxygen atoms in total. The lowest BCUT2D eigenvalue weighted by Gasteiger charge is -2.43. The molecular formula is C36H44N4O3. The van der Waals surface area contributed by atoms with Crippen LogP contribution in [0.15, 0.2) is 84.9 Å². The maximum absolute atomic E-state index is 14.1. The number of unbranched alkanes of at least 4 members (excludes halogenated alkanes) is 3. The number of carbonyl (C=O) groups is 3. The van der Waals surface area contributed by atoms with Crippen LogP contribution >= 0.6 is 0 Å². The first-order valence-electron chi connectivity index (χ1n) is 15.7. The second-order valence-electron chi connectivity index (χ2n) is 12.0. The van der Waals surface area contributed by atoms with Crippen molar-refractivity contribution in [1.82, 2.24) is 14.7 Å². The van der Waals surface area contributed by atoms with Crippen LogP contribution in [0.4, 0.5) is 5.69 Å². The Hall–Kier alpha value is -4.13. The number of anilines is 1. The van der Waals surface area contributed by atoms with Crippen LogP contribution in [0.1, 0.15) is 66.9 Å². The first-order chi connectivity index (χ1) is 20.9. The van der Waals surface area contributed by atoms with Crippen LogP contribution in [0.2, 0.25) is 0 Å². The van der Waals surface area contributed by atoms with Gasteiger partial charge in [0, 0.05) is 37.9 Å². The number of nitrogens with zero attached hydrogens (tertiary/aromatic N) is 4. The first kappa shape index (κ1) is 30.3. The summed E-state index contributed by atoms with van der Waals surface area (Å²) in [6.45, 7) is 4.06. The zero-order chi connectivity index (χ0) is 30.2. The van der Waals surface area contributed by atoms with E-state index in [-0.39, 0.29) is 24.3 Å². The Labute approximate surface area is 256 Å². The third kappa shape index (κ3) is 6.93. The van der Waals surface area contributed by atoms with E-state index in [9.17, 15) is 14.4 Å². The summed E-state index contributed by atoms with van der Waals surface area (Å²) >= 11 is 0. The second-order valence-corrected chi connectivity index (χ2v) is 12.0. The molecule has 2 saturated heterocycles. The van der Waals surface area contributed by atoms with E-state index in [0.717, 1.165) is 17.7 Å². The van der Waals surface area contributed by atoms with E-state index in [1.165, 1.54) is 31.2 Å². The molecule has 0 saturated carbocycles. The topological polar surface area (TPSA) is 64.2 Å². The number of carbonyl (C=O) groups excluding carboxylic acids is 3. The van der Waals surface area contributed by atoms with Crippen molar-refractivity contribution < 1.29 is 14.4 Å². The quantitative estimate of drug-likeness (QED) is 0.271. The number of hydrogen-bond acceptors (Lipinski definition) is 4. The summed E-state index contributed by atoms with van der Waals surface area (Å²) in [7, 11) is 1.78. The van der Waals surface area contributed by atoms with Gasteiger partial charge in [-0.05, 0) is 61.1 Å². The number of benzene rings is 3. The van der Waals surface area contributed by atoms with Gasteiger partial charge in [0.2, 0.25) is 5.91 Å². The number of rotatable bonds is 11. The summed E-state index contributed by atoms with van der Waals surface area (Å²) in [5.74, 6) is -0.111. The Bertz CT molecular complexity index is 1370. The number of likely N-dealkylation sites (tertiary alicyclic amines) is 1. The van der Waals surface area contributed by atoms with E-state index in [1.807, 2.05) is 77.7 Å². The van der Waals surface area contributed by atoms with Gasteiger partial charge in [0.05, 0.1) is 6.67 Å². The van der Waals surface area contributed by atoms with Crippen LogP contribution < -0.4 is 4.90 Å². The molecule has 43 heavy (non-hydrogen) atoms. The standard InChI is InChI=1S/C36H44N4O3/c1-3-4-5-8-13-29-18-20-31(21-19-29)34(42)38-24-22-36(23-25-38)35(43)39(28-40(36)32-16-11-7-12-17-32)27-33(41)37(2)26-30-14-9-6-10-15-30/h6-7,9-12,14-21H,3-5,8,13,22-28H2,1-2H3. The second kappa shape index (κ2) is 13.9. The molecule has 5 rings (SSSR count). The SMILES string of the molecule is CCCCCCc1ccc(C(=O)N2CCC3(CC2)C(=O)N(CC(=O)N(C)Cc2ccccc2)CN3c2ccccc2)cc1. The summed E-state index contributed by atoms with van der Waals surface area (Å²) in [6.07, 6.45) is 6.98. The molecule has 2 heterocycles. The Kier molecular flexibility index (Phi) is 9.80. The normalized spacial score (nSPS) is 16.1. The third-order valence-corrected chi connectivity index (χ3v) is 8.99. The van der Waals surface area contributed by atoms with Crippen LogP contribution in [0.5, 0.6) is 0 Å². The Morgan fingerprint density at radius 1 is 0.814 bits per heavy atom. The highest BCUT2D eigenvalue weighted by Crippen LogP contribution is 2.39. The van der Waals surface area contributed by atoms with Crippen molar-refractivity contribution in [3.63, 3.8) is 0 Å². The maximum atomic E-state index is 14.1. The summed E-state index contributed by atoms with van der Waals surface area (Å²) in [6, 6.07) is 27.8. The van der Waals surface area contributed by atoms with Gasteiger partial charge in [-0.1, -0.05) is 86.8 Å². The molecule has 0 unspecified atom stereocenters. The Balaban J connectivity index is 1.25. The molecule has 226 valence electrons. The number of hydrogen-bond donors (Lipinski definition) is 0. The summed E-state index contributed by atoms with van der Waals surface area (Å²) in [4.78, 5) is 48.2. The Morgan fingerprint density at radius 3 is 2.12 bits per heavy atom. The van der Waals surface area contributed by atoms with E-state index in [4.69, 9.17) is 0 Å². The fraction of sp³-hybridized carbons (Fsp3) is 0.417. The van der Waals surface area contributed by atoms with E-state index >= 15 is 0 Å². The maximum Gasteiger partial charge on any atom is 0.253 e. The van der Waals surface area contributed by atoms with Gasteiger partial charge >= 0.3 is 0 Å². The zero-order valence-corrected chi connectivity index (χ0v) is 25.6. The van der Waals surface area contributed by atoms with Gasteiger partial charge in [0.15, 0.2) is 0 Å². The molecule has 2 aliphatic heterocycles. The monoisotopic (exact) mass is 580 g/mol. The van der Waals surface area contributed by atoms with Crippen LogP contribution in [0.25, 0.3) is 0 Å². The molecule has 0 aromatic heterocycles. The van der Waals surface area contributed by atoms with E-state index in [2.05, 4.69) is 24.0 Å². The number of piperidine rings is 1. The average Bonchev–Trinajstić information content (AvgIpc) is 3.30. The predicted octanol–water partition coefficient (Wildman–Crippen LogP) is 5.75. The van der Waals surface area contributed by atoms with Gasteiger partial charge < -0.3 is 19.6 Å². The smallest absolute Gasteiger partial charge is 0.253 e. The minimum atomic E-state index is -0.779. The highest BCUT2D eigenvalue weighted by atomic mass is 16.2. The summed E-state index contributed by atoms with van der Waals surface area (Å²) in [5, 5.41) is 0. The van der Waals surface area contributed by atoms with Crippen molar-refractivity contribution in [2.24, 2.45) is 0 Å². The predicted molar refractivity (Wildman–Crippen MR) is 171 cm³/mol. The molecule has 2 fully saturated rings. The van der Waals surface area contributed by atoms with Gasteiger partial charge in [-0.25, -0.2) is 0 Å². The molecule has 3 aromatic carbocycles. The van der Waals surface area contributed by atoms with Gasteiger partial charge in [-0.3, -0.25) is 14.4 Å². The first-order valence-corrected chi connectivity index (χ1v) is 15.7. The molecular weight excluding hydrogens is 536 g/mol. The Morgan fingerprint density at radius 2 is 1.47 bits per heavy atom. The van der Waals surface area contributed by atoms with Gasteiger partial charge in [0.25, 0.3) is 11.8 Å². The van der Waals surface area contributed by atoms with Crippen molar-refractivity contribution in [3.8, 4) is 0 Å². The zero-order valence-electron chi connectivity index (χ0n) is 25.6. The van der Waals surface area contributed by atoms with E-state index in [0.29, 0.717) is 44.7 Å². The molecule has 0 N–H and O–H groups in total. The van der Waals surface area contributed by atoms with Crippen molar-refractivity contribution in [1.29, 1.82) is 0 Å². The van der Waals surface area contributed by atoms with Crippen molar-refractivity contribution in [2.75, 3.05) is 38.3 Å². The molecule has 2 aliphatic rings. The van der Waals surface area contributed by atoms with Crippen LogP contribution in [0.3, 0.4) is 0 Å². The minimum absolute atomic E-state index is 0.0126. The number of para-hydroxylation sites is 1. The number of likely N-dealkylation sites (N-methyl/N-ethyl adjacent to an activating group) is 1. The number of amides is 3. The molecule has 1 spiro atoms. The lowest BCUT2D eigenvalue weighted by molar-refractivity contribution is -0.140. The average molecular weight is 581 g/mol. The van der Waals surface area contributed by atoms with Crippen molar-refractivity contribution in [2.45, 2.75) is 64.0 Å². The van der Waals surface area contributed by atoms with E-state index in [1.54, 1.807) is 16.8 Å². The lowest BCUT2D eigenvalue weighted by atomic mass is 9.85. The van der Waals surface area contributed by atoms with E-state index < -0.39 is 5.54 Å². The summed E-state index contributed by atoms with van der Waals surface area (Å²) in [5.41, 5.74) is 3.19. The van der Waals surface area contributed by atoms with Gasteiger partial charge in [0.1, 0.15) is 12.1 Å². The largest absolute Gasteiger partial charge is 0.340 e. The lowest BCUT2D eigenvalue weighted by Crippen LogP contribution is -2.57. The fourth-order valence-electron chi connectivity index (χ4n) is 6.38. The highest BCUT2D eigenvalue weighted by molar-refractivity contribution is 5.97. The molecule has 0 bridgehead atoms. The molecule has 0 radical (unpaired) electrons. The van der Waals surface area contributed by atoms with Crippen LogP contribution in [-0.2, 0) is 22.6 Å². The molecule has 3 amide bonds. The molecule has 3 aromatic rings. The molecule has 0 aliphatic carbocycles. The van der Waals surface area contributed by atoms with Crippen molar-refractivity contribution >= 4 is 23.4 Å². The molecule has 0 atom stereocenters. The third-order valence-electron chi connectivity index (χ3n) is 8.99. The number of aryl methyl sites for hydroxylation is 1. The van der Waals surface area contributed by atoms with Gasteiger partial charge in [-0.15, -0.1) is 0 Å². The molecule has 7 heteroatoms. The fourth-order valence-corrected chi connectivity index (χ4v) is 6.38. The van der Waals surface area contributed by atoms with Crippen molar-refractivity contribution in [3.05, 3.63) is 102 Å². The van der Waals surface area contributed by atoms with Gasteiger partial charge in [-0.2, -0.15) is 0 Å². The highest BCUT2D eigenvalue weighted by Gasteiger charge is 2.54. The van der Waals surface area contributed by atoms with Crippen LogP contribution in [0, 0.1) is 0 Å².